The zero-order valence-electron chi connectivity index (χ0n) is 10.9. The summed E-state index contributed by atoms with van der Waals surface area (Å²) < 4.78 is 0. The molecule has 0 atom stereocenters. The van der Waals surface area contributed by atoms with Gasteiger partial charge in [-0.15, -0.1) is 0 Å². The number of hydrogen-bond donors (Lipinski definition) is 1. The van der Waals surface area contributed by atoms with Crippen molar-refractivity contribution in [3.63, 3.8) is 0 Å². The third kappa shape index (κ3) is 5.00. The summed E-state index contributed by atoms with van der Waals surface area (Å²) in [6, 6.07) is 9.92. The van der Waals surface area contributed by atoms with Crippen molar-refractivity contribution in [1.82, 2.24) is 4.90 Å². The Bertz CT molecular complexity index is 329. The first kappa shape index (κ1) is 13.7. The van der Waals surface area contributed by atoms with E-state index in [9.17, 15) is 0 Å². The third-order valence-electron chi connectivity index (χ3n) is 2.88. The Morgan fingerprint density at radius 1 is 1.18 bits per heavy atom. The van der Waals surface area contributed by atoms with Crippen molar-refractivity contribution < 1.29 is 0 Å². The van der Waals surface area contributed by atoms with Crippen LogP contribution in [0.3, 0.4) is 0 Å². The summed E-state index contributed by atoms with van der Waals surface area (Å²) in [5, 5.41) is 0. The van der Waals surface area contributed by atoms with Gasteiger partial charge in [0.1, 0.15) is 5.84 Å². The summed E-state index contributed by atoms with van der Waals surface area (Å²) >= 11 is 0. The minimum atomic E-state index is 0.644. The molecule has 1 aromatic carbocycles. The molecule has 3 nitrogen and oxygen atoms in total. The standard InChI is InChI=1S/C14H23N3/c1-3-17(4-2)12-8-11-16-14(15)13-9-6-5-7-10-13/h5-7,9-10H,3-4,8,11-12H2,1-2H3,(H2,15,16). The molecule has 1 aromatic rings. The van der Waals surface area contributed by atoms with Gasteiger partial charge in [-0.2, -0.15) is 0 Å². The van der Waals surface area contributed by atoms with Crippen molar-refractivity contribution in [3.8, 4) is 0 Å². The van der Waals surface area contributed by atoms with Crippen molar-refractivity contribution in [3.05, 3.63) is 35.9 Å². The van der Waals surface area contributed by atoms with Crippen LogP contribution in [0.15, 0.2) is 35.3 Å². The molecular formula is C14H23N3. The molecule has 0 saturated carbocycles. The average molecular weight is 233 g/mol. The Labute approximate surface area is 104 Å². The van der Waals surface area contributed by atoms with Gasteiger partial charge in [0.05, 0.1) is 0 Å². The van der Waals surface area contributed by atoms with Gasteiger partial charge in [0.2, 0.25) is 0 Å². The zero-order chi connectivity index (χ0) is 12.5. The fourth-order valence-electron chi connectivity index (χ4n) is 1.73. The molecule has 0 amide bonds. The topological polar surface area (TPSA) is 41.6 Å². The Morgan fingerprint density at radius 2 is 1.82 bits per heavy atom. The van der Waals surface area contributed by atoms with Crippen LogP contribution in [0.2, 0.25) is 0 Å². The van der Waals surface area contributed by atoms with E-state index in [1.54, 1.807) is 0 Å². The zero-order valence-corrected chi connectivity index (χ0v) is 10.9. The van der Waals surface area contributed by atoms with Crippen molar-refractivity contribution in [2.24, 2.45) is 10.7 Å². The predicted octanol–water partition coefficient (Wildman–Crippen LogP) is 2.12. The predicted molar refractivity (Wildman–Crippen MR) is 74.4 cm³/mol. The fraction of sp³-hybridized carbons (Fsp3) is 0.500. The lowest BCUT2D eigenvalue weighted by molar-refractivity contribution is 0.302. The van der Waals surface area contributed by atoms with Crippen LogP contribution < -0.4 is 5.73 Å². The molecule has 17 heavy (non-hydrogen) atoms. The molecule has 0 spiro atoms. The third-order valence-corrected chi connectivity index (χ3v) is 2.88. The minimum Gasteiger partial charge on any atom is -0.384 e. The second-order valence-corrected chi connectivity index (χ2v) is 4.01. The normalized spacial score (nSPS) is 12.1. The smallest absolute Gasteiger partial charge is 0.125 e. The first-order valence-corrected chi connectivity index (χ1v) is 6.35. The lowest BCUT2D eigenvalue weighted by Crippen LogP contribution is -2.24. The Hall–Kier alpha value is -1.35. The summed E-state index contributed by atoms with van der Waals surface area (Å²) in [6.07, 6.45) is 1.06. The lowest BCUT2D eigenvalue weighted by atomic mass is 10.2. The van der Waals surface area contributed by atoms with Gasteiger partial charge in [-0.3, -0.25) is 4.99 Å². The second kappa shape index (κ2) is 7.85. The minimum absolute atomic E-state index is 0.644. The first-order chi connectivity index (χ1) is 8.27. The Kier molecular flexibility index (Phi) is 6.33. The first-order valence-electron chi connectivity index (χ1n) is 6.35. The van der Waals surface area contributed by atoms with Crippen LogP contribution >= 0.6 is 0 Å². The van der Waals surface area contributed by atoms with Crippen LogP contribution in [0.1, 0.15) is 25.8 Å². The number of rotatable bonds is 7. The van der Waals surface area contributed by atoms with Crippen molar-refractivity contribution in [2.45, 2.75) is 20.3 Å². The Balaban J connectivity index is 2.34. The number of nitrogens with two attached hydrogens (primary N) is 1. The average Bonchev–Trinajstić information content (AvgIpc) is 2.40. The molecule has 94 valence electrons. The van der Waals surface area contributed by atoms with Gasteiger partial charge in [0, 0.05) is 12.1 Å². The molecule has 0 aliphatic heterocycles. The molecule has 0 fully saturated rings. The summed E-state index contributed by atoms with van der Waals surface area (Å²) in [6.45, 7) is 8.48. The molecule has 0 aliphatic carbocycles. The van der Waals surface area contributed by atoms with E-state index in [0.29, 0.717) is 5.84 Å². The van der Waals surface area contributed by atoms with Crippen LogP contribution in [-0.2, 0) is 0 Å². The highest BCUT2D eigenvalue weighted by molar-refractivity contribution is 5.97. The van der Waals surface area contributed by atoms with E-state index in [4.69, 9.17) is 5.73 Å². The van der Waals surface area contributed by atoms with Crippen molar-refractivity contribution in [2.75, 3.05) is 26.2 Å². The maximum Gasteiger partial charge on any atom is 0.125 e. The maximum atomic E-state index is 5.91. The summed E-state index contributed by atoms with van der Waals surface area (Å²) in [4.78, 5) is 6.80. The van der Waals surface area contributed by atoms with E-state index in [0.717, 1.165) is 38.2 Å². The van der Waals surface area contributed by atoms with Gasteiger partial charge in [-0.25, -0.2) is 0 Å². The highest BCUT2D eigenvalue weighted by Gasteiger charge is 1.98. The number of amidine groups is 1. The molecule has 0 unspecified atom stereocenters. The van der Waals surface area contributed by atoms with Gasteiger partial charge in [-0.05, 0) is 26.1 Å². The van der Waals surface area contributed by atoms with Gasteiger partial charge in [0.25, 0.3) is 0 Å². The fourth-order valence-corrected chi connectivity index (χ4v) is 1.73. The monoisotopic (exact) mass is 233 g/mol. The van der Waals surface area contributed by atoms with E-state index >= 15 is 0 Å². The van der Waals surface area contributed by atoms with Crippen molar-refractivity contribution in [1.29, 1.82) is 0 Å². The van der Waals surface area contributed by atoms with Crippen LogP contribution in [-0.4, -0.2) is 36.9 Å². The molecule has 2 N–H and O–H groups in total. The van der Waals surface area contributed by atoms with Gasteiger partial charge < -0.3 is 10.6 Å². The number of benzene rings is 1. The molecule has 0 saturated heterocycles. The van der Waals surface area contributed by atoms with Crippen molar-refractivity contribution >= 4 is 5.84 Å². The summed E-state index contributed by atoms with van der Waals surface area (Å²) in [5.41, 5.74) is 6.92. The van der Waals surface area contributed by atoms with E-state index in [-0.39, 0.29) is 0 Å². The largest absolute Gasteiger partial charge is 0.384 e. The SMILES string of the molecule is CCN(CC)CCCN=C(N)c1ccccc1. The van der Waals surface area contributed by atoms with E-state index in [2.05, 4.69) is 23.7 Å². The van der Waals surface area contributed by atoms with E-state index in [1.165, 1.54) is 0 Å². The molecule has 0 aliphatic rings. The lowest BCUT2D eigenvalue weighted by Gasteiger charge is -2.16. The van der Waals surface area contributed by atoms with Gasteiger partial charge in [0.15, 0.2) is 0 Å². The quantitative estimate of drug-likeness (QED) is 0.445. The molecule has 3 heteroatoms. The molecule has 1 rings (SSSR count). The van der Waals surface area contributed by atoms with Crippen LogP contribution in [0, 0.1) is 0 Å². The molecule has 0 bridgehead atoms. The van der Waals surface area contributed by atoms with E-state index in [1.807, 2.05) is 30.3 Å². The van der Waals surface area contributed by atoms with E-state index < -0.39 is 0 Å². The van der Waals surface area contributed by atoms with Gasteiger partial charge in [-0.1, -0.05) is 44.2 Å². The number of aliphatic imine (C=N–C) groups is 1. The Morgan fingerprint density at radius 3 is 2.41 bits per heavy atom. The molecule has 0 heterocycles. The van der Waals surface area contributed by atoms with Crippen LogP contribution in [0.4, 0.5) is 0 Å². The molecule has 0 aromatic heterocycles. The number of nitrogens with zero attached hydrogens (tertiary/aromatic N) is 2. The number of hydrogen-bond acceptors (Lipinski definition) is 2. The van der Waals surface area contributed by atoms with Crippen LogP contribution in [0.25, 0.3) is 0 Å². The molecular weight excluding hydrogens is 210 g/mol. The summed E-state index contributed by atoms with van der Waals surface area (Å²) in [7, 11) is 0. The van der Waals surface area contributed by atoms with Gasteiger partial charge >= 0.3 is 0 Å². The maximum absolute atomic E-state index is 5.91. The highest BCUT2D eigenvalue weighted by Crippen LogP contribution is 1.98. The second-order valence-electron chi connectivity index (χ2n) is 4.01. The summed E-state index contributed by atoms with van der Waals surface area (Å²) in [5.74, 6) is 0.644. The highest BCUT2D eigenvalue weighted by atomic mass is 15.1. The van der Waals surface area contributed by atoms with Crippen LogP contribution in [0.5, 0.6) is 0 Å². The molecule has 0 radical (unpaired) electrons.